The number of halogens is 2. The first kappa shape index (κ1) is 67.0. The van der Waals surface area contributed by atoms with E-state index in [0.29, 0.717) is 0 Å². The third-order valence-electron chi connectivity index (χ3n) is 0. The molecule has 4 nitrogen and oxygen atoms in total. The van der Waals surface area contributed by atoms with Gasteiger partial charge in [0.2, 0.25) is 0 Å². The van der Waals surface area contributed by atoms with Crippen molar-refractivity contribution in [2.24, 2.45) is 0 Å². The molecule has 0 heterocycles. The minimum Gasteiger partial charge on any atom is -1.00 e. The van der Waals surface area contributed by atoms with Crippen LogP contribution in [0.15, 0.2) is 0 Å². The summed E-state index contributed by atoms with van der Waals surface area (Å²) in [7, 11) is -5.61. The Balaban J connectivity index is -0.00000000286. The van der Waals surface area contributed by atoms with E-state index >= 15 is 0 Å². The molecule has 0 amide bonds. The van der Waals surface area contributed by atoms with Crippen molar-refractivity contribution in [1.29, 1.82) is 0 Å². The molecule has 0 aromatic heterocycles. The SMILES string of the molecule is [Cl-].[Cl-].[Li+].[Li+].[Li+].[Li+].[Li+].[Li+].[O-][Si]([O-])([O-])[O-]. The van der Waals surface area contributed by atoms with Crippen molar-refractivity contribution >= 4 is 9.05 Å². The van der Waals surface area contributed by atoms with Gasteiger partial charge in [-0.15, -0.1) is 0 Å². The van der Waals surface area contributed by atoms with E-state index in [2.05, 4.69) is 0 Å². The second-order valence-corrected chi connectivity index (χ2v) is 1.50. The fraction of sp³-hybridized carbons (Fsp3) is 0. The summed E-state index contributed by atoms with van der Waals surface area (Å²) in [5.74, 6) is 0. The predicted octanol–water partition coefficient (Wildman–Crippen LogP) is -29.1. The molecule has 0 saturated carbocycles. The number of hydrogen-bond donors (Lipinski definition) is 0. The minimum atomic E-state index is -5.61. The molecule has 0 aromatic carbocycles. The third-order valence-corrected chi connectivity index (χ3v) is 0. The average molecular weight is 205 g/mol. The van der Waals surface area contributed by atoms with Crippen LogP contribution in [0.1, 0.15) is 0 Å². The maximum Gasteiger partial charge on any atom is 1.00 e. The van der Waals surface area contributed by atoms with Gasteiger partial charge in [0.1, 0.15) is 0 Å². The molecule has 13 heavy (non-hydrogen) atoms. The van der Waals surface area contributed by atoms with Crippen LogP contribution in [-0.2, 0) is 0 Å². The Morgan fingerprint density at radius 2 is 0.462 bits per heavy atom. The van der Waals surface area contributed by atoms with Gasteiger partial charge in [-0.3, -0.25) is 0 Å². The van der Waals surface area contributed by atoms with Crippen LogP contribution in [0.4, 0.5) is 0 Å². The standard InChI is InChI=1S/2ClH.6Li.O4Si/c;;;;;;;;1-5(2,3)4/h2*1H;;;;;;;/q;;6*+1;-4/p-2. The van der Waals surface area contributed by atoms with Crippen molar-refractivity contribution in [3.63, 3.8) is 0 Å². The summed E-state index contributed by atoms with van der Waals surface area (Å²) in [6.45, 7) is 0. The van der Waals surface area contributed by atoms with E-state index in [1.807, 2.05) is 0 Å². The molecular weight excluding hydrogens is 205 g/mol. The minimum absolute atomic E-state index is 0. The van der Waals surface area contributed by atoms with Gasteiger partial charge in [-0.2, -0.15) is 0 Å². The van der Waals surface area contributed by atoms with E-state index in [9.17, 15) is 0 Å². The average Bonchev–Trinajstić information content (AvgIpc) is 0.722. The van der Waals surface area contributed by atoms with Gasteiger partial charge in [0.15, 0.2) is 0 Å². The zero-order chi connectivity index (χ0) is 4.50. The first-order valence-electron chi connectivity index (χ1n) is 0.816. The fourth-order valence-corrected chi connectivity index (χ4v) is 0. The smallest absolute Gasteiger partial charge is 1.00 e. The van der Waals surface area contributed by atoms with Crippen molar-refractivity contribution in [3.05, 3.63) is 0 Å². The van der Waals surface area contributed by atoms with Crippen molar-refractivity contribution < 1.29 is 157 Å². The summed E-state index contributed by atoms with van der Waals surface area (Å²) in [4.78, 5) is 34.3. The molecule has 0 atom stereocenters. The summed E-state index contributed by atoms with van der Waals surface area (Å²) in [5.41, 5.74) is 0. The van der Waals surface area contributed by atoms with Crippen LogP contribution in [0.3, 0.4) is 0 Å². The van der Waals surface area contributed by atoms with Crippen LogP contribution in [0.5, 0.6) is 0 Å². The topological polar surface area (TPSA) is 92.2 Å². The summed E-state index contributed by atoms with van der Waals surface area (Å²) < 4.78 is 0. The normalized spacial score (nSPS) is 4.62. The molecule has 48 valence electrons. The Bertz CT molecular complexity index is 38.1. The van der Waals surface area contributed by atoms with Gasteiger partial charge in [-0.25, -0.2) is 0 Å². The van der Waals surface area contributed by atoms with E-state index in [4.69, 9.17) is 19.2 Å². The molecule has 0 spiro atoms. The van der Waals surface area contributed by atoms with Crippen molar-refractivity contribution in [2.75, 3.05) is 0 Å². The van der Waals surface area contributed by atoms with Gasteiger partial charge in [0.25, 0.3) is 0 Å². The van der Waals surface area contributed by atoms with E-state index < -0.39 is 9.05 Å². The van der Waals surface area contributed by atoms with Crippen LogP contribution in [0.25, 0.3) is 0 Å². The quantitative estimate of drug-likeness (QED) is 0.367. The molecule has 0 N–H and O–H groups in total. The molecule has 0 rings (SSSR count). The second-order valence-electron chi connectivity index (χ2n) is 0.500. The Kier molecular flexibility index (Phi) is 186. The Labute approximate surface area is 164 Å². The first-order valence-corrected chi connectivity index (χ1v) is 2.45. The van der Waals surface area contributed by atoms with E-state index in [1.54, 1.807) is 0 Å². The zero-order valence-electron chi connectivity index (χ0n) is 8.89. The molecule has 0 unspecified atom stereocenters. The Morgan fingerprint density at radius 3 is 0.462 bits per heavy atom. The number of hydrogen-bond acceptors (Lipinski definition) is 4. The summed E-state index contributed by atoms with van der Waals surface area (Å²) in [6, 6.07) is 0. The van der Waals surface area contributed by atoms with Gasteiger partial charge in [0, 0.05) is 0 Å². The maximum atomic E-state index is 8.58. The predicted molar refractivity (Wildman–Crippen MR) is 5.75 cm³/mol. The van der Waals surface area contributed by atoms with E-state index in [1.165, 1.54) is 0 Å². The molecule has 0 radical (unpaired) electrons. The van der Waals surface area contributed by atoms with Crippen molar-refractivity contribution in [2.45, 2.75) is 0 Å². The van der Waals surface area contributed by atoms with Gasteiger partial charge in [-0.05, 0) is 0 Å². The summed E-state index contributed by atoms with van der Waals surface area (Å²) in [6.07, 6.45) is 0. The molecule has 0 aromatic rings. The molecule has 0 bridgehead atoms. The Morgan fingerprint density at radius 1 is 0.462 bits per heavy atom. The number of rotatable bonds is 0. The van der Waals surface area contributed by atoms with Crippen LogP contribution in [0, 0.1) is 0 Å². The molecule has 0 saturated heterocycles. The summed E-state index contributed by atoms with van der Waals surface area (Å²) >= 11 is 0. The third kappa shape index (κ3) is 184. The molecule has 0 aliphatic rings. The van der Waals surface area contributed by atoms with Gasteiger partial charge < -0.3 is 53.0 Å². The van der Waals surface area contributed by atoms with Crippen LogP contribution < -0.4 is 157 Å². The second kappa shape index (κ2) is 36.0. The molecule has 0 fully saturated rings. The molecule has 0 aliphatic carbocycles. The fourth-order valence-electron chi connectivity index (χ4n) is 0. The molecule has 0 aliphatic heterocycles. The first-order chi connectivity index (χ1) is 2.00. The zero-order valence-corrected chi connectivity index (χ0v) is 11.4. The van der Waals surface area contributed by atoms with E-state index in [-0.39, 0.29) is 138 Å². The van der Waals surface area contributed by atoms with Crippen LogP contribution in [-0.4, -0.2) is 9.05 Å². The summed E-state index contributed by atoms with van der Waals surface area (Å²) in [5, 5.41) is 0. The van der Waals surface area contributed by atoms with Crippen LogP contribution in [0.2, 0.25) is 0 Å². The van der Waals surface area contributed by atoms with Gasteiger partial charge in [-0.1, -0.05) is 0 Å². The van der Waals surface area contributed by atoms with Crippen molar-refractivity contribution in [1.82, 2.24) is 0 Å². The monoisotopic (exact) mass is 204 g/mol. The maximum absolute atomic E-state index is 8.58. The largest absolute Gasteiger partial charge is 1.00 e. The van der Waals surface area contributed by atoms with Crippen molar-refractivity contribution in [3.8, 4) is 0 Å². The van der Waals surface area contributed by atoms with Gasteiger partial charge in [0.05, 0.1) is 0 Å². The molecular formula is Cl2Li6O4Si. The van der Waals surface area contributed by atoms with E-state index in [0.717, 1.165) is 0 Å². The van der Waals surface area contributed by atoms with Crippen LogP contribution >= 0.6 is 0 Å². The molecule has 13 heteroatoms. The Hall–Kier alpha value is 4.22. The van der Waals surface area contributed by atoms with Gasteiger partial charge >= 0.3 is 113 Å².